The highest BCUT2D eigenvalue weighted by Crippen LogP contribution is 2.23. The van der Waals surface area contributed by atoms with Crippen LogP contribution in [0.1, 0.15) is 5.69 Å². The van der Waals surface area contributed by atoms with Gasteiger partial charge in [0.05, 0.1) is 17.1 Å². The molecule has 0 aliphatic carbocycles. The average Bonchev–Trinajstić information content (AvgIpc) is 2.95. The molecule has 152 valence electrons. The van der Waals surface area contributed by atoms with E-state index >= 15 is 0 Å². The second-order valence-electron chi connectivity index (χ2n) is 6.94. The fourth-order valence-corrected chi connectivity index (χ4v) is 3.57. The molecule has 30 heavy (non-hydrogen) atoms. The maximum Gasteiger partial charge on any atom is 0.295 e. The number of halogens is 1. The molecule has 0 aliphatic rings. The summed E-state index contributed by atoms with van der Waals surface area (Å²) < 4.78 is 5.56. The summed E-state index contributed by atoms with van der Waals surface area (Å²) in [6.07, 6.45) is 0. The number of aryl methyl sites for hydroxylation is 1. The number of benzene rings is 2. The molecule has 4 aromatic rings. The Hall–Kier alpha value is -3.39. The molecule has 0 saturated carbocycles. The molecule has 0 spiro atoms. The van der Waals surface area contributed by atoms with E-state index in [4.69, 9.17) is 0 Å². The zero-order valence-electron chi connectivity index (χ0n) is 16.8. The molecular weight excluding hydrogens is 446 g/mol. The SMILES string of the molecule is Cc1c(Nc2cc(-c3ccc(Br)cc3)nn(C)c2=O)c(=O)n(-c2ccccc2)n1C. The Kier molecular flexibility index (Phi) is 5.17. The molecule has 7 nitrogen and oxygen atoms in total. The van der Waals surface area contributed by atoms with Gasteiger partial charge in [0.15, 0.2) is 0 Å². The fourth-order valence-electron chi connectivity index (χ4n) is 3.31. The molecule has 8 heteroatoms. The predicted molar refractivity (Wildman–Crippen MR) is 122 cm³/mol. The molecular formula is C22H20BrN5O2. The quantitative estimate of drug-likeness (QED) is 0.497. The van der Waals surface area contributed by atoms with E-state index < -0.39 is 0 Å². The number of anilines is 2. The van der Waals surface area contributed by atoms with Crippen LogP contribution in [0.3, 0.4) is 0 Å². The molecule has 2 aromatic heterocycles. The minimum Gasteiger partial charge on any atom is -0.345 e. The van der Waals surface area contributed by atoms with Gasteiger partial charge in [-0.2, -0.15) is 5.10 Å². The van der Waals surface area contributed by atoms with Crippen LogP contribution in [-0.2, 0) is 14.1 Å². The van der Waals surface area contributed by atoms with Crippen molar-refractivity contribution in [2.45, 2.75) is 6.92 Å². The highest BCUT2D eigenvalue weighted by Gasteiger charge is 2.18. The van der Waals surface area contributed by atoms with Gasteiger partial charge in [0, 0.05) is 24.1 Å². The lowest BCUT2D eigenvalue weighted by Crippen LogP contribution is -2.25. The minimum absolute atomic E-state index is 0.231. The van der Waals surface area contributed by atoms with Gasteiger partial charge in [-0.05, 0) is 37.3 Å². The van der Waals surface area contributed by atoms with Gasteiger partial charge in [0.1, 0.15) is 11.4 Å². The second-order valence-corrected chi connectivity index (χ2v) is 7.86. The number of nitrogens with zero attached hydrogens (tertiary/aromatic N) is 4. The number of para-hydroxylation sites is 1. The summed E-state index contributed by atoms with van der Waals surface area (Å²) >= 11 is 3.42. The molecule has 0 unspecified atom stereocenters. The van der Waals surface area contributed by atoms with Crippen LogP contribution >= 0.6 is 15.9 Å². The Morgan fingerprint density at radius 2 is 1.60 bits per heavy atom. The lowest BCUT2D eigenvalue weighted by Gasteiger charge is -2.09. The number of nitrogens with one attached hydrogen (secondary N) is 1. The molecule has 1 N–H and O–H groups in total. The van der Waals surface area contributed by atoms with Gasteiger partial charge in [-0.25, -0.2) is 9.36 Å². The van der Waals surface area contributed by atoms with Crippen molar-refractivity contribution >= 4 is 27.3 Å². The Bertz CT molecular complexity index is 1340. The number of hydrogen-bond acceptors (Lipinski definition) is 4. The van der Waals surface area contributed by atoms with E-state index in [-0.39, 0.29) is 16.8 Å². The van der Waals surface area contributed by atoms with E-state index in [1.165, 1.54) is 4.68 Å². The maximum absolute atomic E-state index is 13.2. The first kappa shape index (κ1) is 19.9. The lowest BCUT2D eigenvalue weighted by molar-refractivity contribution is 0.630. The Balaban J connectivity index is 1.81. The second kappa shape index (κ2) is 7.79. The van der Waals surface area contributed by atoms with Gasteiger partial charge >= 0.3 is 0 Å². The van der Waals surface area contributed by atoms with Gasteiger partial charge < -0.3 is 5.32 Å². The molecule has 4 rings (SSSR count). The van der Waals surface area contributed by atoms with Gasteiger partial charge in [-0.1, -0.05) is 46.3 Å². The van der Waals surface area contributed by atoms with Crippen molar-refractivity contribution in [3.8, 4) is 16.9 Å². The zero-order valence-corrected chi connectivity index (χ0v) is 18.3. The van der Waals surface area contributed by atoms with Gasteiger partial charge in [0.25, 0.3) is 11.1 Å². The zero-order chi connectivity index (χ0) is 21.4. The molecule has 0 amide bonds. The average molecular weight is 466 g/mol. The topological polar surface area (TPSA) is 73.8 Å². The van der Waals surface area contributed by atoms with Crippen molar-refractivity contribution in [3.63, 3.8) is 0 Å². The molecule has 0 fully saturated rings. The van der Waals surface area contributed by atoms with Crippen LogP contribution in [0.2, 0.25) is 0 Å². The molecule has 0 atom stereocenters. The van der Waals surface area contributed by atoms with Crippen molar-refractivity contribution < 1.29 is 0 Å². The number of rotatable bonds is 4. The van der Waals surface area contributed by atoms with E-state index in [1.807, 2.05) is 68.6 Å². The Labute approximate surface area is 181 Å². The predicted octanol–water partition coefficient (Wildman–Crippen LogP) is 3.75. The molecule has 0 saturated heterocycles. The van der Waals surface area contributed by atoms with E-state index in [2.05, 4.69) is 26.3 Å². The lowest BCUT2D eigenvalue weighted by atomic mass is 10.1. The van der Waals surface area contributed by atoms with E-state index in [0.717, 1.165) is 15.7 Å². The number of aromatic nitrogens is 4. The molecule has 0 radical (unpaired) electrons. The first-order chi connectivity index (χ1) is 14.4. The van der Waals surface area contributed by atoms with Gasteiger partial charge in [-0.15, -0.1) is 0 Å². The van der Waals surface area contributed by atoms with Crippen molar-refractivity contribution in [2.75, 3.05) is 5.32 Å². The van der Waals surface area contributed by atoms with Gasteiger partial charge in [0.2, 0.25) is 0 Å². The van der Waals surface area contributed by atoms with Crippen molar-refractivity contribution in [1.29, 1.82) is 0 Å². The molecule has 2 heterocycles. The fraction of sp³-hybridized carbons (Fsp3) is 0.136. The summed E-state index contributed by atoms with van der Waals surface area (Å²) in [6, 6.07) is 18.7. The van der Waals surface area contributed by atoms with Crippen LogP contribution in [0.4, 0.5) is 11.4 Å². The monoisotopic (exact) mass is 465 g/mol. The largest absolute Gasteiger partial charge is 0.345 e. The Morgan fingerprint density at radius 3 is 2.27 bits per heavy atom. The molecule has 0 bridgehead atoms. The van der Waals surface area contributed by atoms with Crippen molar-refractivity contribution in [2.24, 2.45) is 14.1 Å². The normalized spacial score (nSPS) is 10.9. The van der Waals surface area contributed by atoms with E-state index in [0.29, 0.717) is 17.1 Å². The maximum atomic E-state index is 13.2. The molecule has 2 aromatic carbocycles. The van der Waals surface area contributed by atoms with Crippen LogP contribution in [-0.4, -0.2) is 19.1 Å². The van der Waals surface area contributed by atoms with Crippen LogP contribution in [0.5, 0.6) is 0 Å². The van der Waals surface area contributed by atoms with Crippen LogP contribution in [0.15, 0.2) is 74.7 Å². The summed E-state index contributed by atoms with van der Waals surface area (Å²) in [5.41, 5.74) is 3.05. The highest BCUT2D eigenvalue weighted by molar-refractivity contribution is 9.10. The number of hydrogen-bond donors (Lipinski definition) is 1. The van der Waals surface area contributed by atoms with Crippen molar-refractivity contribution in [1.82, 2.24) is 19.1 Å². The summed E-state index contributed by atoms with van der Waals surface area (Å²) in [5.74, 6) is 0. The Morgan fingerprint density at radius 1 is 0.933 bits per heavy atom. The van der Waals surface area contributed by atoms with E-state index in [9.17, 15) is 9.59 Å². The third-order valence-corrected chi connectivity index (χ3v) is 5.55. The van der Waals surface area contributed by atoms with Crippen LogP contribution in [0, 0.1) is 6.92 Å². The third kappa shape index (κ3) is 3.50. The smallest absolute Gasteiger partial charge is 0.295 e. The summed E-state index contributed by atoms with van der Waals surface area (Å²) in [6.45, 7) is 1.84. The minimum atomic E-state index is -0.315. The molecule has 0 aliphatic heterocycles. The first-order valence-corrected chi connectivity index (χ1v) is 10.1. The first-order valence-electron chi connectivity index (χ1n) is 9.32. The summed E-state index contributed by atoms with van der Waals surface area (Å²) in [4.78, 5) is 25.9. The standard InChI is InChI=1S/C22H20BrN5O2/c1-14-20(22(30)28(27(14)3)17-7-5-4-6-8-17)24-19-13-18(25-26(2)21(19)29)15-9-11-16(23)12-10-15/h4-13,24H,1-3H3. The van der Waals surface area contributed by atoms with Gasteiger partial charge in [-0.3, -0.25) is 14.3 Å². The summed E-state index contributed by atoms with van der Waals surface area (Å²) in [7, 11) is 3.41. The third-order valence-electron chi connectivity index (χ3n) is 5.02. The highest BCUT2D eigenvalue weighted by atomic mass is 79.9. The van der Waals surface area contributed by atoms with Crippen molar-refractivity contribution in [3.05, 3.63) is 91.5 Å². The summed E-state index contributed by atoms with van der Waals surface area (Å²) in [5, 5.41) is 7.42. The van der Waals surface area contributed by atoms with E-state index in [1.54, 1.807) is 22.5 Å². The van der Waals surface area contributed by atoms with Crippen LogP contribution < -0.4 is 16.4 Å². The van der Waals surface area contributed by atoms with Crippen LogP contribution in [0.25, 0.3) is 16.9 Å².